The summed E-state index contributed by atoms with van der Waals surface area (Å²) in [4.78, 5) is 40.8. The molecule has 1 aliphatic carbocycles. The Morgan fingerprint density at radius 2 is 1.82 bits per heavy atom. The largest absolute Gasteiger partial charge is 0.444 e. The van der Waals surface area contributed by atoms with Crippen molar-refractivity contribution in [3.05, 3.63) is 35.4 Å². The number of carbonyl (C=O) groups is 3. The molecule has 8 nitrogen and oxygen atoms in total. The number of benzene rings is 1. The number of hydrogen-bond donors (Lipinski definition) is 3. The summed E-state index contributed by atoms with van der Waals surface area (Å²) in [6.07, 6.45) is 3.47. The Kier molecular flexibility index (Phi) is 9.70. The third-order valence-electron chi connectivity index (χ3n) is 5.64. The normalized spacial score (nSPS) is 15.7. The number of aryl methyl sites for hydroxylation is 1. The highest BCUT2D eigenvalue weighted by Gasteiger charge is 2.41. The number of nitrogens with one attached hydrogen (secondary N) is 2. The van der Waals surface area contributed by atoms with Gasteiger partial charge in [0.05, 0.1) is 6.61 Å². The molecule has 0 saturated heterocycles. The summed E-state index contributed by atoms with van der Waals surface area (Å²) in [5.74, 6) is -0.759. The van der Waals surface area contributed by atoms with Crippen LogP contribution in [0.25, 0.3) is 0 Å². The van der Waals surface area contributed by atoms with Crippen LogP contribution >= 0.6 is 0 Å². The van der Waals surface area contributed by atoms with Crippen LogP contribution in [0.2, 0.25) is 0 Å². The van der Waals surface area contributed by atoms with Crippen LogP contribution in [0.3, 0.4) is 0 Å². The molecule has 3 N–H and O–H groups in total. The highest BCUT2D eigenvalue weighted by atomic mass is 16.6. The first-order valence-electron chi connectivity index (χ1n) is 11.8. The molecule has 1 aromatic rings. The maximum absolute atomic E-state index is 13.6. The Morgan fingerprint density at radius 3 is 2.30 bits per heavy atom. The first kappa shape index (κ1) is 26.6. The van der Waals surface area contributed by atoms with Gasteiger partial charge in [-0.15, -0.1) is 0 Å². The molecular weight excluding hydrogens is 422 g/mol. The first-order chi connectivity index (χ1) is 15.6. The predicted molar refractivity (Wildman–Crippen MR) is 127 cm³/mol. The van der Waals surface area contributed by atoms with Crippen molar-refractivity contribution in [2.75, 3.05) is 13.2 Å². The Bertz CT molecular complexity index is 799. The van der Waals surface area contributed by atoms with Crippen LogP contribution in [-0.4, -0.2) is 58.8 Å². The van der Waals surface area contributed by atoms with Crippen molar-refractivity contribution in [2.24, 2.45) is 0 Å². The van der Waals surface area contributed by atoms with Crippen molar-refractivity contribution in [2.45, 2.75) is 90.4 Å². The van der Waals surface area contributed by atoms with Gasteiger partial charge in [-0.25, -0.2) is 4.79 Å². The molecule has 3 amide bonds. The van der Waals surface area contributed by atoms with Crippen LogP contribution in [0, 0.1) is 6.92 Å². The standard InChI is InChI=1S/C25H39N3O5/c1-6-7-15-26-22(30)21(18-13-11-17(2)12-14-18)28(19-9-8-10-19)23(31)20(16-29)27-24(32)33-25(3,4)5/h11-14,19-21,29H,6-10,15-16H2,1-5H3,(H,26,30)(H,27,32). The van der Waals surface area contributed by atoms with Gasteiger partial charge in [-0.3, -0.25) is 9.59 Å². The third kappa shape index (κ3) is 7.74. The Labute approximate surface area is 197 Å². The number of nitrogens with zero attached hydrogens (tertiary/aromatic N) is 1. The zero-order valence-corrected chi connectivity index (χ0v) is 20.5. The van der Waals surface area contributed by atoms with E-state index in [9.17, 15) is 19.5 Å². The minimum absolute atomic E-state index is 0.143. The average Bonchev–Trinajstić information content (AvgIpc) is 2.70. The van der Waals surface area contributed by atoms with Gasteiger partial charge in [0.25, 0.3) is 0 Å². The molecule has 2 unspecified atom stereocenters. The molecule has 0 spiro atoms. The number of carbonyl (C=O) groups excluding carboxylic acids is 3. The summed E-state index contributed by atoms with van der Waals surface area (Å²) in [5, 5.41) is 15.4. The quantitative estimate of drug-likeness (QED) is 0.464. The van der Waals surface area contributed by atoms with Crippen molar-refractivity contribution in [1.82, 2.24) is 15.5 Å². The second kappa shape index (κ2) is 12.0. The van der Waals surface area contributed by atoms with Crippen molar-refractivity contribution < 1.29 is 24.2 Å². The van der Waals surface area contributed by atoms with E-state index in [1.165, 1.54) is 0 Å². The van der Waals surface area contributed by atoms with Gasteiger partial charge >= 0.3 is 6.09 Å². The molecule has 184 valence electrons. The third-order valence-corrected chi connectivity index (χ3v) is 5.64. The van der Waals surface area contributed by atoms with E-state index >= 15 is 0 Å². The second-order valence-corrected chi connectivity index (χ2v) is 9.67. The van der Waals surface area contributed by atoms with Gasteiger partial charge in [0.2, 0.25) is 11.8 Å². The summed E-state index contributed by atoms with van der Waals surface area (Å²) in [7, 11) is 0. The van der Waals surface area contributed by atoms with Gasteiger partial charge in [0.1, 0.15) is 17.7 Å². The van der Waals surface area contributed by atoms with Crippen molar-refractivity contribution in [3.63, 3.8) is 0 Å². The molecule has 1 aliphatic rings. The maximum Gasteiger partial charge on any atom is 0.408 e. The van der Waals surface area contributed by atoms with Crippen molar-refractivity contribution in [1.29, 1.82) is 0 Å². The minimum Gasteiger partial charge on any atom is -0.444 e. The topological polar surface area (TPSA) is 108 Å². The number of unbranched alkanes of at least 4 members (excludes halogenated alkanes) is 1. The summed E-state index contributed by atoms with van der Waals surface area (Å²) >= 11 is 0. The molecule has 2 rings (SSSR count). The maximum atomic E-state index is 13.6. The molecule has 0 radical (unpaired) electrons. The fourth-order valence-corrected chi connectivity index (χ4v) is 3.67. The summed E-state index contributed by atoms with van der Waals surface area (Å²) in [6, 6.07) is 5.32. The van der Waals surface area contributed by atoms with Gasteiger partial charge in [0.15, 0.2) is 0 Å². The smallest absolute Gasteiger partial charge is 0.408 e. The molecule has 1 aromatic carbocycles. The highest BCUT2D eigenvalue weighted by Crippen LogP contribution is 2.33. The van der Waals surface area contributed by atoms with Gasteiger partial charge in [-0.2, -0.15) is 0 Å². The molecule has 0 aliphatic heterocycles. The van der Waals surface area contributed by atoms with Gasteiger partial charge in [0, 0.05) is 12.6 Å². The average molecular weight is 462 g/mol. The van der Waals surface area contributed by atoms with E-state index in [0.29, 0.717) is 12.1 Å². The SMILES string of the molecule is CCCCNC(=O)C(c1ccc(C)cc1)N(C(=O)C(CO)NC(=O)OC(C)(C)C)C1CCC1. The minimum atomic E-state index is -1.21. The van der Waals surface area contributed by atoms with Crippen molar-refractivity contribution >= 4 is 17.9 Å². The molecule has 33 heavy (non-hydrogen) atoms. The monoisotopic (exact) mass is 461 g/mol. The zero-order valence-electron chi connectivity index (χ0n) is 20.5. The predicted octanol–water partition coefficient (Wildman–Crippen LogP) is 3.22. The molecule has 0 aromatic heterocycles. The van der Waals surface area contributed by atoms with Crippen molar-refractivity contribution in [3.8, 4) is 0 Å². The Hall–Kier alpha value is -2.61. The lowest BCUT2D eigenvalue weighted by atomic mass is 9.88. The van der Waals surface area contributed by atoms with E-state index in [1.54, 1.807) is 25.7 Å². The van der Waals surface area contributed by atoms with Crippen LogP contribution in [0.4, 0.5) is 4.79 Å². The number of ether oxygens (including phenoxy) is 1. The van der Waals surface area contributed by atoms with E-state index in [1.807, 2.05) is 38.1 Å². The lowest BCUT2D eigenvalue weighted by Crippen LogP contribution is -2.58. The first-order valence-corrected chi connectivity index (χ1v) is 11.8. The van der Waals surface area contributed by atoms with Crippen LogP contribution in [0.1, 0.15) is 77.0 Å². The lowest BCUT2D eigenvalue weighted by Gasteiger charge is -2.43. The molecule has 0 heterocycles. The number of aliphatic hydroxyl groups excluding tert-OH is 1. The molecule has 1 saturated carbocycles. The summed E-state index contributed by atoms with van der Waals surface area (Å²) in [5.41, 5.74) is 0.999. The molecule has 8 heteroatoms. The zero-order chi connectivity index (χ0) is 24.6. The van der Waals surface area contributed by atoms with Crippen LogP contribution in [-0.2, 0) is 14.3 Å². The number of hydrogen-bond acceptors (Lipinski definition) is 5. The molecule has 1 fully saturated rings. The number of aliphatic hydroxyl groups is 1. The van der Waals surface area contributed by atoms with E-state index in [4.69, 9.17) is 4.74 Å². The molecular formula is C25H39N3O5. The van der Waals surface area contributed by atoms with Gasteiger partial charge in [-0.05, 0) is 58.9 Å². The number of amides is 3. The van der Waals surface area contributed by atoms with E-state index in [-0.39, 0.29) is 11.9 Å². The van der Waals surface area contributed by atoms with E-state index < -0.39 is 36.3 Å². The number of rotatable bonds is 10. The van der Waals surface area contributed by atoms with E-state index in [2.05, 4.69) is 10.6 Å². The lowest BCUT2D eigenvalue weighted by molar-refractivity contribution is -0.148. The summed E-state index contributed by atoms with van der Waals surface area (Å²) in [6.45, 7) is 9.08. The van der Waals surface area contributed by atoms with Gasteiger partial charge < -0.3 is 25.4 Å². The fraction of sp³-hybridized carbons (Fsp3) is 0.640. The Balaban J connectivity index is 2.36. The van der Waals surface area contributed by atoms with Crippen LogP contribution in [0.15, 0.2) is 24.3 Å². The second-order valence-electron chi connectivity index (χ2n) is 9.67. The number of alkyl carbamates (subject to hydrolysis) is 1. The molecule has 2 atom stereocenters. The van der Waals surface area contributed by atoms with E-state index in [0.717, 1.165) is 37.7 Å². The molecule has 0 bridgehead atoms. The van der Waals surface area contributed by atoms with Crippen LogP contribution < -0.4 is 10.6 Å². The highest BCUT2D eigenvalue weighted by molar-refractivity contribution is 5.92. The van der Waals surface area contributed by atoms with Crippen LogP contribution in [0.5, 0.6) is 0 Å². The fourth-order valence-electron chi connectivity index (χ4n) is 3.67. The summed E-state index contributed by atoms with van der Waals surface area (Å²) < 4.78 is 5.26. The van der Waals surface area contributed by atoms with Gasteiger partial charge in [-0.1, -0.05) is 43.2 Å². The Morgan fingerprint density at radius 1 is 1.18 bits per heavy atom.